The predicted molar refractivity (Wildman–Crippen MR) is 96.2 cm³/mol. The van der Waals surface area contributed by atoms with Crippen molar-refractivity contribution in [2.24, 2.45) is 0 Å². The van der Waals surface area contributed by atoms with Crippen LogP contribution in [-0.4, -0.2) is 64.2 Å². The molecule has 1 aliphatic rings. The molecule has 25 heavy (non-hydrogen) atoms. The van der Waals surface area contributed by atoms with E-state index < -0.39 is 5.97 Å². The van der Waals surface area contributed by atoms with Gasteiger partial charge in [0.15, 0.2) is 0 Å². The van der Waals surface area contributed by atoms with Gasteiger partial charge in [-0.15, -0.1) is 0 Å². The summed E-state index contributed by atoms with van der Waals surface area (Å²) in [5.74, 6) is 0.998. The lowest BCUT2D eigenvalue weighted by molar-refractivity contribution is 0.0697. The summed E-state index contributed by atoms with van der Waals surface area (Å²) in [6.07, 6.45) is 7.60. The molecule has 0 aliphatic carbocycles. The normalized spacial score (nSPS) is 17.9. The summed E-state index contributed by atoms with van der Waals surface area (Å²) in [4.78, 5) is 24.6. The molecule has 7 heteroatoms. The summed E-state index contributed by atoms with van der Waals surface area (Å²) in [7, 11) is 4.13. The second-order valence-electron chi connectivity index (χ2n) is 6.75. The molecule has 1 N–H and O–H groups in total. The number of aromatic carboxylic acids is 1. The van der Waals surface area contributed by atoms with Crippen LogP contribution in [0.25, 0.3) is 0 Å². The molecule has 1 fully saturated rings. The number of carboxylic acids is 1. The Labute approximate surface area is 147 Å². The third kappa shape index (κ3) is 3.99. The van der Waals surface area contributed by atoms with E-state index in [1.54, 1.807) is 18.3 Å². The van der Waals surface area contributed by atoms with Crippen LogP contribution >= 0.6 is 0 Å². The van der Waals surface area contributed by atoms with Gasteiger partial charge in [-0.05, 0) is 39.1 Å². The molecule has 0 bridgehead atoms. The standard InChI is InChI=1S/C18H25N5O2/c1-21(2)11-12-22-10-8-20-16(22)14-5-4-9-23(13-14)17-15(18(24)25)6-3-7-19-17/h3,6-8,10,14H,4-5,9,11-13H2,1-2H3,(H,24,25). The van der Waals surface area contributed by atoms with Crippen molar-refractivity contribution in [3.8, 4) is 0 Å². The number of likely N-dealkylation sites (N-methyl/N-ethyl adjacent to an activating group) is 1. The second kappa shape index (κ2) is 7.65. The van der Waals surface area contributed by atoms with Crippen molar-refractivity contribution in [2.75, 3.05) is 38.6 Å². The average Bonchev–Trinajstić information content (AvgIpc) is 3.08. The zero-order chi connectivity index (χ0) is 17.8. The van der Waals surface area contributed by atoms with E-state index in [0.717, 1.165) is 44.8 Å². The number of carbonyl (C=O) groups is 1. The molecular formula is C18H25N5O2. The van der Waals surface area contributed by atoms with Gasteiger partial charge in [0, 0.05) is 50.7 Å². The van der Waals surface area contributed by atoms with Crippen LogP contribution in [0.5, 0.6) is 0 Å². The first-order valence-corrected chi connectivity index (χ1v) is 8.65. The Bertz CT molecular complexity index is 728. The van der Waals surface area contributed by atoms with E-state index in [1.807, 2.05) is 12.4 Å². The van der Waals surface area contributed by atoms with Crippen LogP contribution in [0.1, 0.15) is 34.9 Å². The Morgan fingerprint density at radius 1 is 1.36 bits per heavy atom. The van der Waals surface area contributed by atoms with Crippen LogP contribution in [0.4, 0.5) is 5.82 Å². The fraction of sp³-hybridized carbons (Fsp3) is 0.500. The summed E-state index contributed by atoms with van der Waals surface area (Å²) in [5, 5.41) is 9.42. The number of anilines is 1. The number of imidazole rings is 1. The Morgan fingerprint density at radius 2 is 2.20 bits per heavy atom. The molecule has 0 saturated carbocycles. The minimum Gasteiger partial charge on any atom is -0.478 e. The van der Waals surface area contributed by atoms with Gasteiger partial charge < -0.3 is 19.5 Å². The van der Waals surface area contributed by atoms with Crippen molar-refractivity contribution in [1.82, 2.24) is 19.4 Å². The molecule has 3 heterocycles. The van der Waals surface area contributed by atoms with E-state index in [2.05, 4.69) is 38.4 Å². The highest BCUT2D eigenvalue weighted by Crippen LogP contribution is 2.29. The fourth-order valence-corrected chi connectivity index (χ4v) is 3.37. The zero-order valence-electron chi connectivity index (χ0n) is 14.8. The number of hydrogen-bond donors (Lipinski definition) is 1. The summed E-state index contributed by atoms with van der Waals surface area (Å²) in [6.45, 7) is 3.44. The smallest absolute Gasteiger partial charge is 0.339 e. The molecular weight excluding hydrogens is 318 g/mol. The topological polar surface area (TPSA) is 74.5 Å². The number of piperidine rings is 1. The van der Waals surface area contributed by atoms with E-state index in [-0.39, 0.29) is 11.5 Å². The molecule has 7 nitrogen and oxygen atoms in total. The van der Waals surface area contributed by atoms with Crippen LogP contribution in [-0.2, 0) is 6.54 Å². The second-order valence-corrected chi connectivity index (χ2v) is 6.75. The lowest BCUT2D eigenvalue weighted by atomic mass is 9.96. The minimum absolute atomic E-state index is 0.263. The van der Waals surface area contributed by atoms with Gasteiger partial charge in [0.2, 0.25) is 0 Å². The number of pyridine rings is 1. The molecule has 2 aromatic heterocycles. The van der Waals surface area contributed by atoms with E-state index in [0.29, 0.717) is 5.82 Å². The molecule has 1 saturated heterocycles. The lowest BCUT2D eigenvalue weighted by Crippen LogP contribution is -2.37. The first kappa shape index (κ1) is 17.4. The summed E-state index contributed by atoms with van der Waals surface area (Å²) in [5.41, 5.74) is 0.263. The van der Waals surface area contributed by atoms with Gasteiger partial charge in [-0.3, -0.25) is 0 Å². The quantitative estimate of drug-likeness (QED) is 0.864. The number of hydrogen-bond acceptors (Lipinski definition) is 5. The first-order chi connectivity index (χ1) is 12.1. The van der Waals surface area contributed by atoms with Gasteiger partial charge in [-0.1, -0.05) is 0 Å². The summed E-state index contributed by atoms with van der Waals surface area (Å²) >= 11 is 0. The zero-order valence-corrected chi connectivity index (χ0v) is 14.8. The van der Waals surface area contributed by atoms with Crippen molar-refractivity contribution in [2.45, 2.75) is 25.3 Å². The van der Waals surface area contributed by atoms with Gasteiger partial charge in [-0.25, -0.2) is 14.8 Å². The maximum atomic E-state index is 11.5. The number of nitrogens with zero attached hydrogens (tertiary/aromatic N) is 5. The molecule has 0 radical (unpaired) electrons. The molecule has 1 unspecified atom stereocenters. The third-order valence-electron chi connectivity index (χ3n) is 4.64. The number of rotatable bonds is 6. The highest BCUT2D eigenvalue weighted by atomic mass is 16.4. The monoisotopic (exact) mass is 343 g/mol. The molecule has 3 rings (SSSR count). The van der Waals surface area contributed by atoms with E-state index in [1.165, 1.54) is 0 Å². The highest BCUT2D eigenvalue weighted by molar-refractivity contribution is 5.93. The van der Waals surface area contributed by atoms with Crippen LogP contribution in [0, 0.1) is 0 Å². The van der Waals surface area contributed by atoms with Gasteiger partial charge in [0.05, 0.1) is 0 Å². The van der Waals surface area contributed by atoms with E-state index >= 15 is 0 Å². The largest absolute Gasteiger partial charge is 0.478 e. The Morgan fingerprint density at radius 3 is 2.96 bits per heavy atom. The van der Waals surface area contributed by atoms with Crippen LogP contribution in [0.15, 0.2) is 30.7 Å². The molecule has 134 valence electrons. The van der Waals surface area contributed by atoms with E-state index in [9.17, 15) is 9.90 Å². The van der Waals surface area contributed by atoms with Crippen molar-refractivity contribution in [3.63, 3.8) is 0 Å². The average molecular weight is 343 g/mol. The Hall–Kier alpha value is -2.41. The maximum Gasteiger partial charge on any atom is 0.339 e. The van der Waals surface area contributed by atoms with Crippen molar-refractivity contribution < 1.29 is 9.90 Å². The molecule has 0 aromatic carbocycles. The highest BCUT2D eigenvalue weighted by Gasteiger charge is 2.27. The summed E-state index contributed by atoms with van der Waals surface area (Å²) < 4.78 is 2.21. The minimum atomic E-state index is -0.933. The van der Waals surface area contributed by atoms with Crippen LogP contribution in [0.3, 0.4) is 0 Å². The van der Waals surface area contributed by atoms with Crippen molar-refractivity contribution in [1.29, 1.82) is 0 Å². The third-order valence-corrected chi connectivity index (χ3v) is 4.64. The molecule has 0 amide bonds. The Kier molecular flexibility index (Phi) is 5.33. The van der Waals surface area contributed by atoms with Gasteiger partial charge in [-0.2, -0.15) is 0 Å². The molecule has 2 aromatic rings. The van der Waals surface area contributed by atoms with E-state index in [4.69, 9.17) is 0 Å². The SMILES string of the molecule is CN(C)CCn1ccnc1C1CCCN(c2ncccc2C(=O)O)C1. The van der Waals surface area contributed by atoms with Crippen molar-refractivity contribution >= 4 is 11.8 Å². The maximum absolute atomic E-state index is 11.5. The lowest BCUT2D eigenvalue weighted by Gasteiger charge is -2.34. The number of aromatic nitrogens is 3. The molecule has 1 aliphatic heterocycles. The van der Waals surface area contributed by atoms with Crippen molar-refractivity contribution in [3.05, 3.63) is 42.1 Å². The fourth-order valence-electron chi connectivity index (χ4n) is 3.37. The molecule has 1 atom stereocenters. The molecule has 0 spiro atoms. The van der Waals surface area contributed by atoms with Crippen LogP contribution < -0.4 is 4.90 Å². The van der Waals surface area contributed by atoms with Gasteiger partial charge in [0.1, 0.15) is 17.2 Å². The predicted octanol–water partition coefficient (Wildman–Crippen LogP) is 1.92. The van der Waals surface area contributed by atoms with Gasteiger partial charge in [0.25, 0.3) is 0 Å². The summed E-state index contributed by atoms with van der Waals surface area (Å²) in [6, 6.07) is 3.29. The first-order valence-electron chi connectivity index (χ1n) is 8.65. The Balaban J connectivity index is 1.79. The number of carboxylic acid groups (broad SMARTS) is 1. The van der Waals surface area contributed by atoms with Gasteiger partial charge >= 0.3 is 5.97 Å². The van der Waals surface area contributed by atoms with Crippen LogP contribution in [0.2, 0.25) is 0 Å².